The number of ether oxygens (including phenoxy) is 1. The van der Waals surface area contributed by atoms with Crippen molar-refractivity contribution in [3.8, 4) is 0 Å². The topological polar surface area (TPSA) is 73.1 Å². The van der Waals surface area contributed by atoms with E-state index in [0.29, 0.717) is 11.6 Å². The number of hydrazine groups is 1. The monoisotopic (exact) mass is 238 g/mol. The first-order chi connectivity index (χ1) is 8.02. The Morgan fingerprint density at radius 2 is 2.00 bits per heavy atom. The SMILES string of the molecule is CCc1c(C)nc(C(C)(CC)OC)nc1NN. The highest BCUT2D eigenvalue weighted by Gasteiger charge is 2.28. The molecule has 5 nitrogen and oxygen atoms in total. The van der Waals surface area contributed by atoms with Gasteiger partial charge >= 0.3 is 0 Å². The summed E-state index contributed by atoms with van der Waals surface area (Å²) in [4.78, 5) is 9.00. The van der Waals surface area contributed by atoms with Gasteiger partial charge in [-0.2, -0.15) is 0 Å². The second kappa shape index (κ2) is 5.42. The van der Waals surface area contributed by atoms with Crippen LogP contribution in [-0.4, -0.2) is 17.1 Å². The van der Waals surface area contributed by atoms with Crippen molar-refractivity contribution in [2.45, 2.75) is 46.1 Å². The number of nitrogens with zero attached hydrogens (tertiary/aromatic N) is 2. The zero-order valence-electron chi connectivity index (χ0n) is 11.3. The Bertz CT molecular complexity index is 388. The number of anilines is 1. The highest BCUT2D eigenvalue weighted by atomic mass is 16.5. The molecule has 0 aromatic carbocycles. The van der Waals surface area contributed by atoms with Crippen LogP contribution in [0.5, 0.6) is 0 Å². The van der Waals surface area contributed by atoms with Crippen molar-refractivity contribution in [2.75, 3.05) is 12.5 Å². The smallest absolute Gasteiger partial charge is 0.162 e. The van der Waals surface area contributed by atoms with Gasteiger partial charge < -0.3 is 10.2 Å². The van der Waals surface area contributed by atoms with Crippen molar-refractivity contribution < 1.29 is 4.74 Å². The van der Waals surface area contributed by atoms with Gasteiger partial charge in [-0.15, -0.1) is 0 Å². The number of methoxy groups -OCH3 is 1. The Hall–Kier alpha value is -1.20. The summed E-state index contributed by atoms with van der Waals surface area (Å²) in [5.41, 5.74) is 4.17. The molecule has 0 amide bonds. The van der Waals surface area contributed by atoms with Crippen LogP contribution in [0.1, 0.15) is 44.3 Å². The molecule has 0 radical (unpaired) electrons. The molecular formula is C12H22N4O. The predicted molar refractivity (Wildman–Crippen MR) is 68.6 cm³/mol. The molecule has 0 aliphatic heterocycles. The third kappa shape index (κ3) is 2.56. The normalized spacial score (nSPS) is 14.5. The van der Waals surface area contributed by atoms with Gasteiger partial charge in [0.1, 0.15) is 11.4 Å². The molecule has 1 heterocycles. The number of nitrogens with one attached hydrogen (secondary N) is 1. The fourth-order valence-electron chi connectivity index (χ4n) is 1.77. The average molecular weight is 238 g/mol. The zero-order valence-corrected chi connectivity index (χ0v) is 11.3. The second-order valence-electron chi connectivity index (χ2n) is 4.25. The Morgan fingerprint density at radius 1 is 1.35 bits per heavy atom. The zero-order chi connectivity index (χ0) is 13.1. The van der Waals surface area contributed by atoms with Crippen LogP contribution in [0.15, 0.2) is 0 Å². The first-order valence-electron chi connectivity index (χ1n) is 5.92. The Balaban J connectivity index is 3.33. The summed E-state index contributed by atoms with van der Waals surface area (Å²) in [5, 5.41) is 0. The van der Waals surface area contributed by atoms with Crippen molar-refractivity contribution >= 4 is 5.82 Å². The van der Waals surface area contributed by atoms with Crippen LogP contribution in [-0.2, 0) is 16.8 Å². The molecule has 1 rings (SSSR count). The van der Waals surface area contributed by atoms with Gasteiger partial charge in [0.15, 0.2) is 5.82 Å². The van der Waals surface area contributed by atoms with Gasteiger partial charge in [-0.05, 0) is 26.7 Å². The number of hydrogen-bond acceptors (Lipinski definition) is 5. The number of nitrogen functional groups attached to an aromatic ring is 1. The van der Waals surface area contributed by atoms with Crippen LogP contribution in [0, 0.1) is 6.92 Å². The van der Waals surface area contributed by atoms with E-state index < -0.39 is 5.60 Å². The van der Waals surface area contributed by atoms with Crippen molar-refractivity contribution in [3.05, 3.63) is 17.1 Å². The Labute approximate surface area is 103 Å². The average Bonchev–Trinajstić information content (AvgIpc) is 2.36. The van der Waals surface area contributed by atoms with Gasteiger partial charge in [-0.1, -0.05) is 13.8 Å². The lowest BCUT2D eigenvalue weighted by atomic mass is 10.0. The summed E-state index contributed by atoms with van der Waals surface area (Å²) in [6.07, 6.45) is 1.65. The molecule has 0 bridgehead atoms. The first-order valence-corrected chi connectivity index (χ1v) is 5.92. The van der Waals surface area contributed by atoms with Gasteiger partial charge in [0, 0.05) is 18.4 Å². The van der Waals surface area contributed by atoms with E-state index in [1.54, 1.807) is 7.11 Å². The van der Waals surface area contributed by atoms with Crippen molar-refractivity contribution in [2.24, 2.45) is 5.84 Å². The molecule has 1 aromatic rings. The first kappa shape index (κ1) is 13.9. The Morgan fingerprint density at radius 3 is 2.41 bits per heavy atom. The van der Waals surface area contributed by atoms with Crippen LogP contribution < -0.4 is 11.3 Å². The molecule has 3 N–H and O–H groups in total. The quantitative estimate of drug-likeness (QED) is 0.605. The van der Waals surface area contributed by atoms with Crippen LogP contribution in [0.3, 0.4) is 0 Å². The molecule has 96 valence electrons. The molecule has 0 fully saturated rings. The van der Waals surface area contributed by atoms with E-state index in [-0.39, 0.29) is 0 Å². The van der Waals surface area contributed by atoms with Gasteiger partial charge in [0.05, 0.1) is 0 Å². The maximum absolute atomic E-state index is 5.51. The van der Waals surface area contributed by atoms with E-state index in [2.05, 4.69) is 22.3 Å². The number of nitrogens with two attached hydrogens (primary N) is 1. The Kier molecular flexibility index (Phi) is 4.42. The largest absolute Gasteiger partial charge is 0.371 e. The minimum absolute atomic E-state index is 0.470. The van der Waals surface area contributed by atoms with Crippen molar-refractivity contribution in [3.63, 3.8) is 0 Å². The molecule has 17 heavy (non-hydrogen) atoms. The van der Waals surface area contributed by atoms with E-state index in [9.17, 15) is 0 Å². The van der Waals surface area contributed by atoms with Gasteiger partial charge in [0.25, 0.3) is 0 Å². The molecule has 0 aliphatic rings. The van der Waals surface area contributed by atoms with Gasteiger partial charge in [-0.3, -0.25) is 0 Å². The molecular weight excluding hydrogens is 216 g/mol. The van der Waals surface area contributed by atoms with Crippen LogP contribution >= 0.6 is 0 Å². The number of hydrogen-bond donors (Lipinski definition) is 2. The van der Waals surface area contributed by atoms with Crippen LogP contribution in [0.2, 0.25) is 0 Å². The minimum atomic E-state index is -0.470. The van der Waals surface area contributed by atoms with E-state index in [1.165, 1.54) is 0 Å². The fraction of sp³-hybridized carbons (Fsp3) is 0.667. The summed E-state index contributed by atoms with van der Waals surface area (Å²) in [6.45, 7) is 8.05. The van der Waals surface area contributed by atoms with E-state index >= 15 is 0 Å². The van der Waals surface area contributed by atoms with E-state index in [1.807, 2.05) is 20.8 Å². The molecule has 1 atom stereocenters. The molecule has 5 heteroatoms. The molecule has 0 spiro atoms. The molecule has 0 aliphatic carbocycles. The predicted octanol–water partition coefficient (Wildman–Crippen LogP) is 1.90. The maximum atomic E-state index is 5.51. The standard InChI is InChI=1S/C12H22N4O/c1-6-9-8(3)14-11(15-10(9)16-13)12(4,7-2)17-5/h6-7,13H2,1-5H3,(H,14,15,16). The molecule has 0 saturated heterocycles. The third-order valence-electron chi connectivity index (χ3n) is 3.30. The molecule has 0 saturated carbocycles. The summed E-state index contributed by atoms with van der Waals surface area (Å²) in [5.74, 6) is 6.87. The summed E-state index contributed by atoms with van der Waals surface area (Å²) in [7, 11) is 1.67. The van der Waals surface area contributed by atoms with Gasteiger partial charge in [-0.25, -0.2) is 15.8 Å². The lowest BCUT2D eigenvalue weighted by Crippen LogP contribution is -2.28. The number of aryl methyl sites for hydroxylation is 1. The van der Waals surface area contributed by atoms with E-state index in [0.717, 1.165) is 24.1 Å². The highest BCUT2D eigenvalue weighted by molar-refractivity contribution is 5.45. The lowest BCUT2D eigenvalue weighted by Gasteiger charge is -2.26. The molecule has 1 aromatic heterocycles. The maximum Gasteiger partial charge on any atom is 0.162 e. The van der Waals surface area contributed by atoms with Crippen LogP contribution in [0.25, 0.3) is 0 Å². The molecule has 1 unspecified atom stereocenters. The fourth-order valence-corrected chi connectivity index (χ4v) is 1.77. The van der Waals surface area contributed by atoms with Gasteiger partial charge in [0.2, 0.25) is 0 Å². The lowest BCUT2D eigenvalue weighted by molar-refractivity contribution is -0.00902. The van der Waals surface area contributed by atoms with Crippen molar-refractivity contribution in [1.82, 2.24) is 9.97 Å². The highest BCUT2D eigenvalue weighted by Crippen LogP contribution is 2.28. The number of rotatable bonds is 5. The van der Waals surface area contributed by atoms with E-state index in [4.69, 9.17) is 10.6 Å². The second-order valence-corrected chi connectivity index (χ2v) is 4.25. The number of aromatic nitrogens is 2. The van der Waals surface area contributed by atoms with Crippen molar-refractivity contribution in [1.29, 1.82) is 0 Å². The third-order valence-corrected chi connectivity index (χ3v) is 3.30. The van der Waals surface area contributed by atoms with Crippen LogP contribution in [0.4, 0.5) is 5.82 Å². The summed E-state index contributed by atoms with van der Waals surface area (Å²) in [6, 6.07) is 0. The summed E-state index contributed by atoms with van der Waals surface area (Å²) < 4.78 is 5.51. The minimum Gasteiger partial charge on any atom is -0.371 e. The summed E-state index contributed by atoms with van der Waals surface area (Å²) >= 11 is 0.